The maximum absolute atomic E-state index is 10.7. The summed E-state index contributed by atoms with van der Waals surface area (Å²) in [6, 6.07) is 13.8. The highest BCUT2D eigenvalue weighted by molar-refractivity contribution is 7.12. The first-order valence-corrected chi connectivity index (χ1v) is 7.33. The lowest BCUT2D eigenvalue weighted by Crippen LogP contribution is -2.08. The van der Waals surface area contributed by atoms with Gasteiger partial charge in [0.2, 0.25) is 0 Å². The standard InChI is InChI=1S/C16H16N2OS/c1-11-10-14(12(2)20-11)16(19)15-8-9-17-18(15)13-6-4-3-5-7-13/h3-10,16,19H,1-2H3. The molecule has 1 unspecified atom stereocenters. The van der Waals surface area contributed by atoms with Gasteiger partial charge in [-0.25, -0.2) is 4.68 Å². The molecule has 1 atom stereocenters. The Morgan fingerprint density at radius 2 is 1.90 bits per heavy atom. The molecule has 1 aromatic carbocycles. The van der Waals surface area contributed by atoms with Gasteiger partial charge in [0.1, 0.15) is 6.10 Å². The first-order valence-electron chi connectivity index (χ1n) is 6.51. The topological polar surface area (TPSA) is 38.1 Å². The quantitative estimate of drug-likeness (QED) is 0.797. The van der Waals surface area contributed by atoms with Crippen molar-refractivity contribution in [1.82, 2.24) is 9.78 Å². The highest BCUT2D eigenvalue weighted by Crippen LogP contribution is 2.31. The van der Waals surface area contributed by atoms with Crippen LogP contribution in [0.2, 0.25) is 0 Å². The van der Waals surface area contributed by atoms with Crippen LogP contribution in [0.5, 0.6) is 0 Å². The van der Waals surface area contributed by atoms with E-state index in [1.54, 1.807) is 22.2 Å². The van der Waals surface area contributed by atoms with Gasteiger partial charge in [-0.1, -0.05) is 18.2 Å². The van der Waals surface area contributed by atoms with E-state index in [0.717, 1.165) is 21.8 Å². The summed E-state index contributed by atoms with van der Waals surface area (Å²) in [7, 11) is 0. The lowest BCUT2D eigenvalue weighted by molar-refractivity contribution is 0.212. The molecule has 3 rings (SSSR count). The van der Waals surface area contributed by atoms with Crippen LogP contribution in [0.4, 0.5) is 0 Å². The molecule has 0 radical (unpaired) electrons. The molecule has 1 N–H and O–H groups in total. The fourth-order valence-corrected chi connectivity index (χ4v) is 3.34. The SMILES string of the molecule is Cc1cc(C(O)c2ccnn2-c2ccccc2)c(C)s1. The van der Waals surface area contributed by atoms with Crippen molar-refractivity contribution in [1.29, 1.82) is 0 Å². The van der Waals surface area contributed by atoms with Crippen molar-refractivity contribution in [2.45, 2.75) is 20.0 Å². The second-order valence-electron chi connectivity index (χ2n) is 4.77. The molecule has 0 amide bonds. The summed E-state index contributed by atoms with van der Waals surface area (Å²) in [6.07, 6.45) is 1.07. The van der Waals surface area contributed by atoms with Gasteiger partial charge in [0.15, 0.2) is 0 Å². The molecule has 102 valence electrons. The van der Waals surface area contributed by atoms with E-state index in [2.05, 4.69) is 12.0 Å². The van der Waals surface area contributed by atoms with Crippen LogP contribution in [0.25, 0.3) is 5.69 Å². The van der Waals surface area contributed by atoms with Gasteiger partial charge < -0.3 is 5.11 Å². The van der Waals surface area contributed by atoms with Gasteiger partial charge >= 0.3 is 0 Å². The van der Waals surface area contributed by atoms with Gasteiger partial charge in [0.05, 0.1) is 11.4 Å². The fraction of sp³-hybridized carbons (Fsp3) is 0.188. The summed E-state index contributed by atoms with van der Waals surface area (Å²) in [5.74, 6) is 0. The van der Waals surface area contributed by atoms with Gasteiger partial charge in [0, 0.05) is 21.5 Å². The van der Waals surface area contributed by atoms with Crippen LogP contribution in [0.15, 0.2) is 48.7 Å². The Morgan fingerprint density at radius 1 is 1.15 bits per heavy atom. The van der Waals surface area contributed by atoms with E-state index in [-0.39, 0.29) is 0 Å². The zero-order valence-corrected chi connectivity index (χ0v) is 12.3. The van der Waals surface area contributed by atoms with Crippen molar-refractivity contribution in [3.05, 3.63) is 69.7 Å². The Hall–Kier alpha value is -1.91. The average molecular weight is 284 g/mol. The molecule has 0 saturated heterocycles. The van der Waals surface area contributed by atoms with E-state index in [1.165, 1.54) is 4.88 Å². The molecule has 0 fully saturated rings. The number of thiophene rings is 1. The molecule has 0 saturated carbocycles. The fourth-order valence-electron chi connectivity index (χ4n) is 2.39. The minimum absolute atomic E-state index is 0.650. The number of nitrogens with zero attached hydrogens (tertiary/aromatic N) is 2. The van der Waals surface area contributed by atoms with Gasteiger partial charge in [0.25, 0.3) is 0 Å². The predicted octanol–water partition coefficient (Wildman–Crippen LogP) is 3.63. The zero-order chi connectivity index (χ0) is 14.1. The smallest absolute Gasteiger partial charge is 0.122 e. The van der Waals surface area contributed by atoms with Crippen molar-refractivity contribution in [2.24, 2.45) is 0 Å². The lowest BCUT2D eigenvalue weighted by Gasteiger charge is -2.13. The largest absolute Gasteiger partial charge is 0.382 e. The number of para-hydroxylation sites is 1. The van der Waals surface area contributed by atoms with Crippen LogP contribution in [-0.4, -0.2) is 14.9 Å². The van der Waals surface area contributed by atoms with Crippen molar-refractivity contribution >= 4 is 11.3 Å². The summed E-state index contributed by atoms with van der Waals surface area (Å²) in [6.45, 7) is 4.10. The van der Waals surface area contributed by atoms with E-state index in [0.29, 0.717) is 0 Å². The number of aromatic nitrogens is 2. The Labute approximate surface area is 122 Å². The molecule has 3 aromatic rings. The predicted molar refractivity (Wildman–Crippen MR) is 81.4 cm³/mol. The number of hydrogen-bond donors (Lipinski definition) is 1. The minimum atomic E-state index is -0.650. The van der Waals surface area contributed by atoms with E-state index in [9.17, 15) is 5.11 Å². The van der Waals surface area contributed by atoms with Crippen LogP contribution in [0.1, 0.15) is 27.1 Å². The first kappa shape index (κ1) is 13.1. The zero-order valence-electron chi connectivity index (χ0n) is 11.4. The Bertz CT molecular complexity index is 715. The van der Waals surface area contributed by atoms with Gasteiger partial charge in [-0.3, -0.25) is 0 Å². The molecule has 2 aromatic heterocycles. The summed E-state index contributed by atoms with van der Waals surface area (Å²) in [4.78, 5) is 2.36. The van der Waals surface area contributed by atoms with Crippen molar-refractivity contribution in [3.8, 4) is 5.69 Å². The maximum atomic E-state index is 10.7. The normalized spacial score (nSPS) is 12.6. The second kappa shape index (κ2) is 5.23. The maximum Gasteiger partial charge on any atom is 0.122 e. The summed E-state index contributed by atoms with van der Waals surface area (Å²) in [5.41, 5.74) is 2.71. The Morgan fingerprint density at radius 3 is 2.55 bits per heavy atom. The third-order valence-electron chi connectivity index (χ3n) is 3.33. The molecular weight excluding hydrogens is 268 g/mol. The van der Waals surface area contributed by atoms with E-state index < -0.39 is 6.10 Å². The molecule has 0 bridgehead atoms. The molecule has 0 aliphatic carbocycles. The summed E-state index contributed by atoms with van der Waals surface area (Å²) >= 11 is 1.71. The second-order valence-corrected chi connectivity index (χ2v) is 6.23. The number of benzene rings is 1. The number of hydrogen-bond acceptors (Lipinski definition) is 3. The van der Waals surface area contributed by atoms with Crippen LogP contribution in [0.3, 0.4) is 0 Å². The van der Waals surface area contributed by atoms with Crippen LogP contribution in [-0.2, 0) is 0 Å². The first-order chi connectivity index (χ1) is 9.66. The Kier molecular flexibility index (Phi) is 3.42. The highest BCUT2D eigenvalue weighted by atomic mass is 32.1. The van der Waals surface area contributed by atoms with E-state index in [4.69, 9.17) is 0 Å². The van der Waals surface area contributed by atoms with Gasteiger partial charge in [-0.05, 0) is 38.1 Å². The monoisotopic (exact) mass is 284 g/mol. The molecular formula is C16H16N2OS. The lowest BCUT2D eigenvalue weighted by atomic mass is 10.1. The number of aryl methyl sites for hydroxylation is 2. The molecule has 0 aliphatic rings. The average Bonchev–Trinajstić information content (AvgIpc) is 3.05. The van der Waals surface area contributed by atoms with Crippen molar-refractivity contribution in [3.63, 3.8) is 0 Å². The molecule has 0 aliphatic heterocycles. The third kappa shape index (κ3) is 2.28. The summed E-state index contributed by atoms with van der Waals surface area (Å²) in [5, 5.41) is 15.0. The van der Waals surface area contributed by atoms with E-state index >= 15 is 0 Å². The number of aliphatic hydroxyl groups is 1. The van der Waals surface area contributed by atoms with Crippen LogP contribution < -0.4 is 0 Å². The summed E-state index contributed by atoms with van der Waals surface area (Å²) < 4.78 is 1.79. The van der Waals surface area contributed by atoms with Gasteiger partial charge in [-0.15, -0.1) is 11.3 Å². The van der Waals surface area contributed by atoms with Crippen LogP contribution >= 0.6 is 11.3 Å². The molecule has 0 spiro atoms. The van der Waals surface area contributed by atoms with Crippen LogP contribution in [0, 0.1) is 13.8 Å². The Balaban J connectivity index is 2.04. The molecule has 4 heteroatoms. The minimum Gasteiger partial charge on any atom is -0.382 e. The van der Waals surface area contributed by atoms with E-state index in [1.807, 2.05) is 49.4 Å². The van der Waals surface area contributed by atoms with Gasteiger partial charge in [-0.2, -0.15) is 5.10 Å². The van der Waals surface area contributed by atoms with Crippen molar-refractivity contribution < 1.29 is 5.11 Å². The number of rotatable bonds is 3. The molecule has 3 nitrogen and oxygen atoms in total. The third-order valence-corrected chi connectivity index (χ3v) is 4.31. The molecule has 20 heavy (non-hydrogen) atoms. The molecule has 2 heterocycles. The highest BCUT2D eigenvalue weighted by Gasteiger charge is 2.19. The van der Waals surface area contributed by atoms with Crippen molar-refractivity contribution in [2.75, 3.05) is 0 Å². The number of aliphatic hydroxyl groups excluding tert-OH is 1.